The third-order valence-electron chi connectivity index (χ3n) is 3.11. The molecule has 100 valence electrons. The minimum absolute atomic E-state index is 0.238. The van der Waals surface area contributed by atoms with Gasteiger partial charge in [0, 0.05) is 9.50 Å². The van der Waals surface area contributed by atoms with E-state index in [1.807, 2.05) is 32.0 Å². The molecule has 0 fully saturated rings. The fourth-order valence-corrected chi connectivity index (χ4v) is 3.22. The molecule has 4 heteroatoms. The van der Waals surface area contributed by atoms with E-state index in [2.05, 4.69) is 15.9 Å². The van der Waals surface area contributed by atoms with Gasteiger partial charge in [0.25, 0.3) is 0 Å². The molecular weight excluding hydrogens is 329 g/mol. The molecule has 2 aromatic rings. The lowest BCUT2D eigenvalue weighted by Gasteiger charge is -2.19. The van der Waals surface area contributed by atoms with Gasteiger partial charge in [-0.1, -0.05) is 27.5 Å². The second kappa shape index (κ2) is 5.61. The van der Waals surface area contributed by atoms with Crippen molar-refractivity contribution in [2.75, 3.05) is 0 Å². The molecule has 0 aliphatic carbocycles. The Bertz CT molecular complexity index is 584. The van der Waals surface area contributed by atoms with Crippen LogP contribution in [-0.4, -0.2) is 0 Å². The molecule has 0 aliphatic rings. The van der Waals surface area contributed by atoms with Gasteiger partial charge in [0.1, 0.15) is 5.82 Å². The van der Waals surface area contributed by atoms with Crippen LogP contribution in [0, 0.1) is 19.7 Å². The maximum Gasteiger partial charge on any atom is 0.123 e. The van der Waals surface area contributed by atoms with Gasteiger partial charge < -0.3 is 5.73 Å². The molecule has 19 heavy (non-hydrogen) atoms. The maximum atomic E-state index is 13.3. The molecule has 0 saturated heterocycles. The number of hydrogen-bond acceptors (Lipinski definition) is 1. The molecule has 0 amide bonds. The number of halogens is 3. The summed E-state index contributed by atoms with van der Waals surface area (Å²) < 4.78 is 14.2. The molecule has 1 atom stereocenters. The molecule has 0 aromatic heterocycles. The van der Waals surface area contributed by atoms with Crippen molar-refractivity contribution in [3.8, 4) is 0 Å². The molecule has 0 spiro atoms. The second-order valence-electron chi connectivity index (χ2n) is 4.63. The maximum absolute atomic E-state index is 13.3. The Morgan fingerprint density at radius 3 is 2.21 bits per heavy atom. The number of benzene rings is 2. The van der Waals surface area contributed by atoms with Crippen LogP contribution in [-0.2, 0) is 0 Å². The molecule has 2 aromatic carbocycles. The molecule has 0 bridgehead atoms. The second-order valence-corrected chi connectivity index (χ2v) is 5.99. The molecule has 0 aliphatic heterocycles. The molecular formula is C15H14BrClFN. The van der Waals surface area contributed by atoms with E-state index < -0.39 is 0 Å². The molecule has 2 N–H and O–H groups in total. The van der Waals surface area contributed by atoms with Gasteiger partial charge in [0.2, 0.25) is 0 Å². The predicted molar refractivity (Wildman–Crippen MR) is 81.1 cm³/mol. The fourth-order valence-electron chi connectivity index (χ4n) is 2.33. The van der Waals surface area contributed by atoms with Crippen LogP contribution in [0.1, 0.15) is 28.3 Å². The van der Waals surface area contributed by atoms with Crippen LogP contribution in [0.25, 0.3) is 0 Å². The van der Waals surface area contributed by atoms with Crippen molar-refractivity contribution >= 4 is 27.5 Å². The van der Waals surface area contributed by atoms with Gasteiger partial charge in [0.15, 0.2) is 0 Å². The van der Waals surface area contributed by atoms with Crippen molar-refractivity contribution in [3.05, 3.63) is 67.9 Å². The lowest BCUT2D eigenvalue weighted by molar-refractivity contribution is 0.623. The topological polar surface area (TPSA) is 26.0 Å². The summed E-state index contributed by atoms with van der Waals surface area (Å²) in [6.45, 7) is 3.73. The highest BCUT2D eigenvalue weighted by Gasteiger charge is 2.16. The van der Waals surface area contributed by atoms with E-state index in [-0.39, 0.29) is 11.9 Å². The van der Waals surface area contributed by atoms with Gasteiger partial charge in [-0.2, -0.15) is 0 Å². The molecule has 0 radical (unpaired) electrons. The first kappa shape index (κ1) is 14.5. The quantitative estimate of drug-likeness (QED) is 0.825. The minimum atomic E-state index is -0.324. The number of nitrogens with two attached hydrogens (primary N) is 1. The molecule has 1 nitrogen and oxygen atoms in total. The van der Waals surface area contributed by atoms with Gasteiger partial charge in [-0.05, 0) is 66.4 Å². The fraction of sp³-hybridized carbons (Fsp3) is 0.200. The highest BCUT2D eigenvalue weighted by molar-refractivity contribution is 9.10. The monoisotopic (exact) mass is 341 g/mol. The molecule has 1 unspecified atom stereocenters. The summed E-state index contributed by atoms with van der Waals surface area (Å²) in [6.07, 6.45) is 0. The zero-order valence-corrected chi connectivity index (χ0v) is 13.0. The Morgan fingerprint density at radius 2 is 1.68 bits per heavy atom. The van der Waals surface area contributed by atoms with Crippen LogP contribution in [0.15, 0.2) is 34.8 Å². The zero-order chi connectivity index (χ0) is 14.2. The summed E-state index contributed by atoms with van der Waals surface area (Å²) in [7, 11) is 0. The first-order valence-corrected chi connectivity index (χ1v) is 7.04. The first-order chi connectivity index (χ1) is 8.88. The van der Waals surface area contributed by atoms with E-state index in [4.69, 9.17) is 17.3 Å². The smallest absolute Gasteiger partial charge is 0.123 e. The van der Waals surface area contributed by atoms with Crippen LogP contribution in [0.3, 0.4) is 0 Å². The van der Waals surface area contributed by atoms with Crippen LogP contribution in [0.5, 0.6) is 0 Å². The lowest BCUT2D eigenvalue weighted by Crippen LogP contribution is -2.15. The third kappa shape index (κ3) is 3.16. The van der Waals surface area contributed by atoms with Crippen LogP contribution < -0.4 is 5.73 Å². The average molecular weight is 343 g/mol. The van der Waals surface area contributed by atoms with Crippen LogP contribution in [0.4, 0.5) is 4.39 Å². The summed E-state index contributed by atoms with van der Waals surface area (Å²) in [6, 6.07) is 8.25. The summed E-state index contributed by atoms with van der Waals surface area (Å²) >= 11 is 9.44. The van der Waals surface area contributed by atoms with Crippen molar-refractivity contribution in [1.82, 2.24) is 0 Å². The van der Waals surface area contributed by atoms with Crippen molar-refractivity contribution in [1.29, 1.82) is 0 Å². The normalized spacial score (nSPS) is 12.5. The highest BCUT2D eigenvalue weighted by atomic mass is 79.9. The summed E-state index contributed by atoms with van der Waals surface area (Å²) in [4.78, 5) is 0. The summed E-state index contributed by atoms with van der Waals surface area (Å²) in [5.41, 5.74) is 9.84. The Morgan fingerprint density at radius 1 is 1.11 bits per heavy atom. The Hall–Kier alpha value is -0.900. The Kier molecular flexibility index (Phi) is 4.29. The third-order valence-corrected chi connectivity index (χ3v) is 3.79. The zero-order valence-electron chi connectivity index (χ0n) is 10.7. The van der Waals surface area contributed by atoms with E-state index in [1.165, 1.54) is 12.1 Å². The van der Waals surface area contributed by atoms with Crippen LogP contribution in [0.2, 0.25) is 5.02 Å². The average Bonchev–Trinajstić information content (AvgIpc) is 2.25. The van der Waals surface area contributed by atoms with Gasteiger partial charge in [-0.15, -0.1) is 0 Å². The summed E-state index contributed by atoms with van der Waals surface area (Å²) in [5, 5.41) is 0.622. The lowest BCUT2D eigenvalue weighted by atomic mass is 9.92. The van der Waals surface area contributed by atoms with E-state index in [0.29, 0.717) is 5.02 Å². The Labute approximate surface area is 125 Å². The predicted octanol–water partition coefficient (Wildman–Crippen LogP) is 4.91. The van der Waals surface area contributed by atoms with Crippen molar-refractivity contribution in [2.45, 2.75) is 19.9 Å². The van der Waals surface area contributed by atoms with Gasteiger partial charge in [-0.3, -0.25) is 0 Å². The van der Waals surface area contributed by atoms with E-state index in [0.717, 1.165) is 26.7 Å². The molecule has 2 rings (SSSR count). The number of hydrogen-bond donors (Lipinski definition) is 1. The van der Waals surface area contributed by atoms with Gasteiger partial charge >= 0.3 is 0 Å². The highest BCUT2D eigenvalue weighted by Crippen LogP contribution is 2.30. The van der Waals surface area contributed by atoms with E-state index in [1.54, 1.807) is 0 Å². The van der Waals surface area contributed by atoms with Crippen molar-refractivity contribution < 1.29 is 4.39 Å². The SMILES string of the molecule is Cc1cc(F)cc(C)c1C(N)c1cc(Cl)cc(Br)c1. The molecule has 0 saturated carbocycles. The largest absolute Gasteiger partial charge is 0.320 e. The number of rotatable bonds is 2. The van der Waals surface area contributed by atoms with E-state index in [9.17, 15) is 4.39 Å². The van der Waals surface area contributed by atoms with Crippen molar-refractivity contribution in [2.24, 2.45) is 5.73 Å². The first-order valence-electron chi connectivity index (χ1n) is 5.86. The number of aryl methyl sites for hydroxylation is 2. The van der Waals surface area contributed by atoms with Gasteiger partial charge in [-0.25, -0.2) is 4.39 Å². The van der Waals surface area contributed by atoms with E-state index >= 15 is 0 Å². The molecule has 0 heterocycles. The summed E-state index contributed by atoms with van der Waals surface area (Å²) in [5.74, 6) is -0.238. The van der Waals surface area contributed by atoms with Crippen LogP contribution >= 0.6 is 27.5 Å². The van der Waals surface area contributed by atoms with Crippen molar-refractivity contribution in [3.63, 3.8) is 0 Å². The standard InChI is InChI=1S/C15H14BrClFN/c1-8-3-13(18)4-9(2)14(8)15(19)10-5-11(16)7-12(17)6-10/h3-7,15H,19H2,1-2H3. The minimum Gasteiger partial charge on any atom is -0.320 e. The Balaban J connectivity index is 2.52. The van der Waals surface area contributed by atoms with Gasteiger partial charge in [0.05, 0.1) is 6.04 Å².